The van der Waals surface area contributed by atoms with Crippen LogP contribution in [0, 0.1) is 17.0 Å². The van der Waals surface area contributed by atoms with Gasteiger partial charge in [0.15, 0.2) is 5.82 Å². The summed E-state index contributed by atoms with van der Waals surface area (Å²) in [6.45, 7) is 1.99. The van der Waals surface area contributed by atoms with E-state index in [1.54, 1.807) is 12.1 Å². The molecular formula is C17H16N6O3. The van der Waals surface area contributed by atoms with Gasteiger partial charge in [0.25, 0.3) is 5.69 Å². The molecule has 9 heteroatoms. The third-order valence-corrected chi connectivity index (χ3v) is 3.40. The number of nitrogens with one attached hydrogen (secondary N) is 1. The third kappa shape index (κ3) is 4.41. The van der Waals surface area contributed by atoms with Gasteiger partial charge < -0.3 is 15.8 Å². The molecule has 0 atom stereocenters. The monoisotopic (exact) mass is 352 g/mol. The molecular weight excluding hydrogens is 336 g/mol. The van der Waals surface area contributed by atoms with E-state index >= 15 is 0 Å². The van der Waals surface area contributed by atoms with Crippen molar-refractivity contribution >= 4 is 23.3 Å². The lowest BCUT2D eigenvalue weighted by molar-refractivity contribution is -0.384. The first kappa shape index (κ1) is 17.1. The third-order valence-electron chi connectivity index (χ3n) is 3.40. The molecule has 0 aliphatic heterocycles. The van der Waals surface area contributed by atoms with Gasteiger partial charge in [0.05, 0.1) is 11.0 Å². The fraction of sp³-hybridized carbons (Fsp3) is 0.118. The van der Waals surface area contributed by atoms with Crippen LogP contribution in [-0.4, -0.2) is 19.9 Å². The van der Waals surface area contributed by atoms with Crippen LogP contribution in [0.3, 0.4) is 0 Å². The molecule has 0 unspecified atom stereocenters. The molecule has 1 heterocycles. The average molecular weight is 352 g/mol. The number of nitro benzene ring substituents is 1. The Kier molecular flexibility index (Phi) is 4.88. The van der Waals surface area contributed by atoms with E-state index in [4.69, 9.17) is 10.5 Å². The number of nitrogens with two attached hydrogens (primary N) is 1. The fourth-order valence-corrected chi connectivity index (χ4v) is 2.16. The Bertz CT molecular complexity index is 930. The Morgan fingerprint density at radius 2 is 1.92 bits per heavy atom. The number of hydrogen-bond acceptors (Lipinski definition) is 8. The molecule has 0 fully saturated rings. The van der Waals surface area contributed by atoms with Crippen LogP contribution >= 0.6 is 0 Å². The Hall–Kier alpha value is -3.75. The molecule has 2 aromatic carbocycles. The summed E-state index contributed by atoms with van der Waals surface area (Å²) in [6.07, 6.45) is 0. The maximum absolute atomic E-state index is 10.8. The Balaban J connectivity index is 1.72. The van der Waals surface area contributed by atoms with Gasteiger partial charge in [-0.3, -0.25) is 10.1 Å². The summed E-state index contributed by atoms with van der Waals surface area (Å²) < 4.78 is 5.52. The molecule has 0 spiro atoms. The zero-order valence-electron chi connectivity index (χ0n) is 13.9. The number of nitrogens with zero attached hydrogens (tertiary/aromatic N) is 4. The highest BCUT2D eigenvalue weighted by Crippen LogP contribution is 2.20. The summed E-state index contributed by atoms with van der Waals surface area (Å²) in [5.41, 5.74) is 7.61. The molecule has 9 nitrogen and oxygen atoms in total. The summed E-state index contributed by atoms with van der Waals surface area (Å²) in [7, 11) is 0. The largest absolute Gasteiger partial charge is 0.485 e. The molecule has 0 radical (unpaired) electrons. The van der Waals surface area contributed by atoms with Crippen molar-refractivity contribution in [2.45, 2.75) is 13.5 Å². The number of ether oxygens (including phenoxy) is 1. The summed E-state index contributed by atoms with van der Waals surface area (Å²) in [6, 6.07) is 13.6. The standard InChI is InChI=1S/C17H16N6O3/c1-11-5-7-12(8-6-11)19-17-21-15(20-16(18)22-17)10-26-14-4-2-3-13(9-14)23(24)25/h2-9H,10H2,1H3,(H3,18,19,20,21,22). The lowest BCUT2D eigenvalue weighted by Crippen LogP contribution is -2.09. The van der Waals surface area contributed by atoms with Crippen LogP contribution in [0.1, 0.15) is 11.4 Å². The van der Waals surface area contributed by atoms with Crippen molar-refractivity contribution in [2.75, 3.05) is 11.1 Å². The molecule has 3 rings (SSSR count). The first-order valence-corrected chi connectivity index (χ1v) is 7.71. The number of nitrogen functional groups attached to an aromatic ring is 1. The number of nitro groups is 1. The predicted molar refractivity (Wildman–Crippen MR) is 96.1 cm³/mol. The number of hydrogen-bond donors (Lipinski definition) is 2. The molecule has 0 aliphatic rings. The molecule has 3 aromatic rings. The second kappa shape index (κ2) is 7.43. The van der Waals surface area contributed by atoms with Gasteiger partial charge in [0.2, 0.25) is 11.9 Å². The zero-order chi connectivity index (χ0) is 18.5. The summed E-state index contributed by atoms with van der Waals surface area (Å²) in [4.78, 5) is 22.6. The van der Waals surface area contributed by atoms with Crippen molar-refractivity contribution in [3.63, 3.8) is 0 Å². The van der Waals surface area contributed by atoms with Gasteiger partial charge in [-0.05, 0) is 25.1 Å². The van der Waals surface area contributed by atoms with E-state index in [0.29, 0.717) is 17.5 Å². The highest BCUT2D eigenvalue weighted by Gasteiger charge is 2.09. The number of non-ortho nitro benzene ring substituents is 1. The van der Waals surface area contributed by atoms with Crippen LogP contribution in [0.2, 0.25) is 0 Å². The van der Waals surface area contributed by atoms with Crippen LogP contribution < -0.4 is 15.8 Å². The van der Waals surface area contributed by atoms with Crippen molar-refractivity contribution in [1.29, 1.82) is 0 Å². The molecule has 26 heavy (non-hydrogen) atoms. The Morgan fingerprint density at radius 3 is 2.65 bits per heavy atom. The highest BCUT2D eigenvalue weighted by molar-refractivity contribution is 5.54. The van der Waals surface area contributed by atoms with Gasteiger partial charge in [0.1, 0.15) is 12.4 Å². The topological polar surface area (TPSA) is 129 Å². The quantitative estimate of drug-likeness (QED) is 0.511. The molecule has 1 aromatic heterocycles. The fourth-order valence-electron chi connectivity index (χ4n) is 2.16. The molecule has 132 valence electrons. The highest BCUT2D eigenvalue weighted by atomic mass is 16.6. The van der Waals surface area contributed by atoms with Gasteiger partial charge in [-0.1, -0.05) is 23.8 Å². The van der Waals surface area contributed by atoms with Gasteiger partial charge in [-0.25, -0.2) is 0 Å². The number of aryl methyl sites for hydroxylation is 1. The average Bonchev–Trinajstić information content (AvgIpc) is 2.62. The van der Waals surface area contributed by atoms with Crippen molar-refractivity contribution in [3.05, 3.63) is 70.0 Å². The van der Waals surface area contributed by atoms with Gasteiger partial charge in [0, 0.05) is 11.8 Å². The lowest BCUT2D eigenvalue weighted by Gasteiger charge is -2.09. The van der Waals surface area contributed by atoms with E-state index in [1.807, 2.05) is 31.2 Å². The van der Waals surface area contributed by atoms with E-state index in [1.165, 1.54) is 12.1 Å². The van der Waals surface area contributed by atoms with Gasteiger partial charge >= 0.3 is 0 Å². The van der Waals surface area contributed by atoms with Crippen molar-refractivity contribution in [3.8, 4) is 5.75 Å². The second-order valence-corrected chi connectivity index (χ2v) is 5.47. The number of rotatable bonds is 6. The van der Waals surface area contributed by atoms with E-state index in [-0.39, 0.29) is 18.2 Å². The van der Waals surface area contributed by atoms with Crippen LogP contribution in [0.15, 0.2) is 48.5 Å². The number of anilines is 3. The summed E-state index contributed by atoms with van der Waals surface area (Å²) in [5, 5.41) is 13.9. The predicted octanol–water partition coefficient (Wildman–Crippen LogP) is 2.99. The normalized spacial score (nSPS) is 10.3. The second-order valence-electron chi connectivity index (χ2n) is 5.47. The molecule has 0 saturated heterocycles. The maximum atomic E-state index is 10.8. The van der Waals surface area contributed by atoms with E-state index in [2.05, 4.69) is 20.3 Å². The molecule has 0 saturated carbocycles. The Labute approximate surface area is 149 Å². The first-order chi connectivity index (χ1) is 12.5. The number of aromatic nitrogens is 3. The van der Waals surface area contributed by atoms with E-state index < -0.39 is 4.92 Å². The van der Waals surface area contributed by atoms with Crippen molar-refractivity contribution < 1.29 is 9.66 Å². The Morgan fingerprint density at radius 1 is 1.15 bits per heavy atom. The van der Waals surface area contributed by atoms with Gasteiger partial charge in [-0.15, -0.1) is 0 Å². The van der Waals surface area contributed by atoms with Crippen molar-refractivity contribution in [2.24, 2.45) is 0 Å². The summed E-state index contributed by atoms with van der Waals surface area (Å²) >= 11 is 0. The minimum Gasteiger partial charge on any atom is -0.485 e. The van der Waals surface area contributed by atoms with E-state index in [0.717, 1.165) is 11.3 Å². The van der Waals surface area contributed by atoms with Crippen molar-refractivity contribution in [1.82, 2.24) is 15.0 Å². The van der Waals surface area contributed by atoms with Crippen LogP contribution in [0.4, 0.5) is 23.3 Å². The zero-order valence-corrected chi connectivity index (χ0v) is 13.9. The van der Waals surface area contributed by atoms with E-state index in [9.17, 15) is 10.1 Å². The maximum Gasteiger partial charge on any atom is 0.273 e. The summed E-state index contributed by atoms with van der Waals surface area (Å²) in [5.74, 6) is 0.982. The molecule has 3 N–H and O–H groups in total. The minimum atomic E-state index is -0.489. The van der Waals surface area contributed by atoms with Gasteiger partial charge in [-0.2, -0.15) is 15.0 Å². The van der Waals surface area contributed by atoms with Crippen LogP contribution in [0.5, 0.6) is 5.75 Å². The SMILES string of the molecule is Cc1ccc(Nc2nc(N)nc(COc3cccc([N+](=O)[O-])c3)n2)cc1. The van der Waals surface area contributed by atoms with Crippen LogP contribution in [0.25, 0.3) is 0 Å². The van der Waals surface area contributed by atoms with Crippen LogP contribution in [-0.2, 0) is 6.61 Å². The lowest BCUT2D eigenvalue weighted by atomic mass is 10.2. The number of benzene rings is 2. The molecule has 0 amide bonds. The smallest absolute Gasteiger partial charge is 0.273 e. The molecule has 0 bridgehead atoms. The minimum absolute atomic E-state index is 0.00351. The first-order valence-electron chi connectivity index (χ1n) is 7.71. The molecule has 0 aliphatic carbocycles.